The first-order chi connectivity index (χ1) is 10.7. The molecule has 0 aliphatic heterocycles. The van der Waals surface area contributed by atoms with E-state index in [2.05, 4.69) is 0 Å². The van der Waals surface area contributed by atoms with Crippen LogP contribution in [0.15, 0.2) is 24.3 Å². The first-order valence-corrected chi connectivity index (χ1v) is 6.42. The van der Waals surface area contributed by atoms with Crippen molar-refractivity contribution in [3.63, 3.8) is 0 Å². The van der Waals surface area contributed by atoms with Gasteiger partial charge in [-0.3, -0.25) is 4.79 Å². The molecule has 0 saturated heterocycles. The number of benzene rings is 1. The summed E-state index contributed by atoms with van der Waals surface area (Å²) in [5.74, 6) is -2.46. The first kappa shape index (κ1) is 18.4. The SMILES string of the molecule is N#CCC[C@@H](NC(=O)[C@@H](O)c1ccc(C(F)(F)F)cc1)C(=O)O. The number of carbonyl (C=O) groups excluding carboxylic acids is 1. The summed E-state index contributed by atoms with van der Waals surface area (Å²) in [5, 5.41) is 29.1. The normalized spacial score (nSPS) is 13.7. The number of hydrogen-bond donors (Lipinski definition) is 3. The monoisotopic (exact) mass is 330 g/mol. The number of carbonyl (C=O) groups is 2. The third kappa shape index (κ3) is 5.27. The predicted octanol–water partition coefficient (Wildman–Crippen LogP) is 1.61. The number of amides is 1. The molecule has 124 valence electrons. The van der Waals surface area contributed by atoms with Crippen molar-refractivity contribution < 1.29 is 33.0 Å². The van der Waals surface area contributed by atoms with Crippen LogP contribution in [0.3, 0.4) is 0 Å². The fourth-order valence-electron chi connectivity index (χ4n) is 1.72. The zero-order valence-corrected chi connectivity index (χ0v) is 11.7. The number of aliphatic hydroxyl groups excluding tert-OH is 1. The van der Waals surface area contributed by atoms with Crippen molar-refractivity contribution in [2.75, 3.05) is 0 Å². The molecule has 0 radical (unpaired) electrons. The Hall–Kier alpha value is -2.60. The van der Waals surface area contributed by atoms with Gasteiger partial charge >= 0.3 is 12.1 Å². The Morgan fingerprint density at radius 3 is 2.26 bits per heavy atom. The van der Waals surface area contributed by atoms with Crippen LogP contribution in [0.4, 0.5) is 13.2 Å². The van der Waals surface area contributed by atoms with Crippen molar-refractivity contribution in [1.29, 1.82) is 5.26 Å². The van der Waals surface area contributed by atoms with Crippen molar-refractivity contribution in [1.82, 2.24) is 5.32 Å². The summed E-state index contributed by atoms with van der Waals surface area (Å²) in [6.45, 7) is 0. The van der Waals surface area contributed by atoms with Gasteiger partial charge in [0.2, 0.25) is 0 Å². The molecule has 1 aromatic carbocycles. The van der Waals surface area contributed by atoms with Crippen LogP contribution in [0.2, 0.25) is 0 Å². The van der Waals surface area contributed by atoms with Gasteiger partial charge in [-0.2, -0.15) is 18.4 Å². The largest absolute Gasteiger partial charge is 0.480 e. The van der Waals surface area contributed by atoms with Gasteiger partial charge in [0.25, 0.3) is 5.91 Å². The summed E-state index contributed by atoms with van der Waals surface area (Å²) >= 11 is 0. The third-order valence-corrected chi connectivity index (χ3v) is 2.96. The van der Waals surface area contributed by atoms with Gasteiger partial charge in [0, 0.05) is 6.42 Å². The number of halogens is 3. The molecule has 1 amide bonds. The number of aliphatic carboxylic acids is 1. The second kappa shape index (κ2) is 7.60. The summed E-state index contributed by atoms with van der Waals surface area (Å²) in [6.07, 6.45) is -6.64. The van der Waals surface area contributed by atoms with E-state index in [1.807, 2.05) is 5.32 Å². The Balaban J connectivity index is 2.79. The lowest BCUT2D eigenvalue weighted by molar-refractivity contribution is -0.143. The fraction of sp³-hybridized carbons (Fsp3) is 0.357. The maximum atomic E-state index is 12.4. The molecular formula is C14H13F3N2O4. The van der Waals surface area contributed by atoms with Gasteiger partial charge in [-0.1, -0.05) is 12.1 Å². The predicted molar refractivity (Wildman–Crippen MR) is 70.8 cm³/mol. The van der Waals surface area contributed by atoms with E-state index in [1.54, 1.807) is 6.07 Å². The van der Waals surface area contributed by atoms with E-state index < -0.39 is 35.8 Å². The van der Waals surface area contributed by atoms with Gasteiger partial charge < -0.3 is 15.5 Å². The van der Waals surface area contributed by atoms with Crippen molar-refractivity contribution in [2.45, 2.75) is 31.2 Å². The van der Waals surface area contributed by atoms with E-state index in [4.69, 9.17) is 10.4 Å². The number of carboxylic acids is 1. The zero-order chi connectivity index (χ0) is 17.6. The summed E-state index contributed by atoms with van der Waals surface area (Å²) in [7, 11) is 0. The van der Waals surface area contributed by atoms with E-state index in [-0.39, 0.29) is 18.4 Å². The van der Waals surface area contributed by atoms with Crippen molar-refractivity contribution >= 4 is 11.9 Å². The van der Waals surface area contributed by atoms with E-state index in [0.29, 0.717) is 12.1 Å². The molecule has 0 aliphatic carbocycles. The van der Waals surface area contributed by atoms with Crippen LogP contribution in [0.5, 0.6) is 0 Å². The molecule has 1 aromatic rings. The Bertz CT molecular complexity index is 608. The average Bonchev–Trinajstić information content (AvgIpc) is 2.49. The van der Waals surface area contributed by atoms with Gasteiger partial charge in [0.1, 0.15) is 6.04 Å². The number of hydrogen-bond acceptors (Lipinski definition) is 4. The summed E-state index contributed by atoms with van der Waals surface area (Å²) in [4.78, 5) is 22.7. The van der Waals surface area contributed by atoms with Gasteiger partial charge in [0.15, 0.2) is 6.10 Å². The lowest BCUT2D eigenvalue weighted by Gasteiger charge is -2.17. The Morgan fingerprint density at radius 2 is 1.83 bits per heavy atom. The summed E-state index contributed by atoms with van der Waals surface area (Å²) in [6, 6.07) is 3.62. The molecule has 0 heterocycles. The minimum atomic E-state index is -4.54. The zero-order valence-electron chi connectivity index (χ0n) is 11.7. The maximum Gasteiger partial charge on any atom is 0.416 e. The minimum absolute atomic E-state index is 0.111. The van der Waals surface area contributed by atoms with E-state index in [0.717, 1.165) is 12.1 Å². The molecule has 6 nitrogen and oxygen atoms in total. The lowest BCUT2D eigenvalue weighted by Crippen LogP contribution is -2.43. The quantitative estimate of drug-likeness (QED) is 0.734. The Kier molecular flexibility index (Phi) is 6.10. The molecule has 0 spiro atoms. The number of rotatable bonds is 6. The smallest absolute Gasteiger partial charge is 0.416 e. The van der Waals surface area contributed by atoms with Crippen LogP contribution < -0.4 is 5.32 Å². The molecule has 0 saturated carbocycles. The first-order valence-electron chi connectivity index (χ1n) is 6.42. The topological polar surface area (TPSA) is 110 Å². The standard InChI is InChI=1S/C14H13F3N2O4/c15-14(16,17)9-5-3-8(4-6-9)11(20)12(21)19-10(13(22)23)2-1-7-18/h3-6,10-11,20H,1-2H2,(H,19,21)(H,22,23)/t10-,11+/m1/s1. The Labute approximate surface area is 129 Å². The van der Waals surface area contributed by atoms with E-state index >= 15 is 0 Å². The van der Waals surface area contributed by atoms with E-state index in [1.165, 1.54) is 0 Å². The number of alkyl halides is 3. The molecule has 0 aromatic heterocycles. The number of nitrogens with zero attached hydrogens (tertiary/aromatic N) is 1. The van der Waals surface area contributed by atoms with Crippen LogP contribution in [0.1, 0.15) is 30.1 Å². The van der Waals surface area contributed by atoms with Crippen LogP contribution in [0, 0.1) is 11.3 Å². The van der Waals surface area contributed by atoms with Crippen LogP contribution in [-0.2, 0) is 15.8 Å². The number of aliphatic hydroxyl groups is 1. The van der Waals surface area contributed by atoms with Crippen LogP contribution >= 0.6 is 0 Å². The van der Waals surface area contributed by atoms with Crippen LogP contribution in [0.25, 0.3) is 0 Å². The Morgan fingerprint density at radius 1 is 1.26 bits per heavy atom. The fourth-order valence-corrected chi connectivity index (χ4v) is 1.72. The number of nitrogens with one attached hydrogen (secondary N) is 1. The average molecular weight is 330 g/mol. The molecule has 3 N–H and O–H groups in total. The molecular weight excluding hydrogens is 317 g/mol. The molecule has 0 unspecified atom stereocenters. The van der Waals surface area contributed by atoms with E-state index in [9.17, 15) is 27.9 Å². The number of carboxylic acid groups (broad SMARTS) is 1. The second-order valence-electron chi connectivity index (χ2n) is 4.62. The van der Waals surface area contributed by atoms with Gasteiger partial charge in [-0.15, -0.1) is 0 Å². The molecule has 0 aliphatic rings. The van der Waals surface area contributed by atoms with Crippen molar-refractivity contribution in [2.24, 2.45) is 0 Å². The molecule has 23 heavy (non-hydrogen) atoms. The highest BCUT2D eigenvalue weighted by atomic mass is 19.4. The summed E-state index contributed by atoms with van der Waals surface area (Å²) in [5.41, 5.74) is -1.05. The third-order valence-electron chi connectivity index (χ3n) is 2.96. The highest BCUT2D eigenvalue weighted by Crippen LogP contribution is 2.29. The maximum absolute atomic E-state index is 12.4. The lowest BCUT2D eigenvalue weighted by atomic mass is 10.1. The highest BCUT2D eigenvalue weighted by molar-refractivity contribution is 5.86. The summed E-state index contributed by atoms with van der Waals surface area (Å²) < 4.78 is 37.3. The highest BCUT2D eigenvalue weighted by Gasteiger charge is 2.31. The minimum Gasteiger partial charge on any atom is -0.480 e. The molecule has 1 rings (SSSR count). The van der Waals surface area contributed by atoms with Gasteiger partial charge in [0.05, 0.1) is 11.6 Å². The second-order valence-corrected chi connectivity index (χ2v) is 4.62. The van der Waals surface area contributed by atoms with Gasteiger partial charge in [-0.05, 0) is 24.1 Å². The molecule has 2 atom stereocenters. The molecule has 9 heteroatoms. The molecule has 0 fully saturated rings. The molecule has 0 bridgehead atoms. The van der Waals surface area contributed by atoms with Crippen LogP contribution in [-0.4, -0.2) is 28.1 Å². The number of nitriles is 1. The van der Waals surface area contributed by atoms with Gasteiger partial charge in [-0.25, -0.2) is 4.79 Å². The van der Waals surface area contributed by atoms with Crippen molar-refractivity contribution in [3.8, 4) is 6.07 Å². The van der Waals surface area contributed by atoms with Crippen molar-refractivity contribution in [3.05, 3.63) is 35.4 Å².